The molecule has 1 fully saturated rings. The normalized spacial score (nSPS) is 21.7. The van der Waals surface area contributed by atoms with E-state index in [9.17, 15) is 4.79 Å². The molecule has 0 radical (unpaired) electrons. The summed E-state index contributed by atoms with van der Waals surface area (Å²) in [6.45, 7) is 0.979. The van der Waals surface area contributed by atoms with Crippen molar-refractivity contribution in [3.8, 4) is 0 Å². The van der Waals surface area contributed by atoms with Gasteiger partial charge in [-0.3, -0.25) is 9.78 Å². The van der Waals surface area contributed by atoms with E-state index in [2.05, 4.69) is 9.88 Å². The summed E-state index contributed by atoms with van der Waals surface area (Å²) < 4.78 is 0. The van der Waals surface area contributed by atoms with Crippen molar-refractivity contribution in [1.29, 1.82) is 0 Å². The Morgan fingerprint density at radius 3 is 2.68 bits per heavy atom. The van der Waals surface area contributed by atoms with Gasteiger partial charge in [0.25, 0.3) is 5.91 Å². The molecule has 2 rings (SSSR count). The molecule has 0 aromatic carbocycles. The van der Waals surface area contributed by atoms with Crippen molar-refractivity contribution >= 4 is 11.6 Å². The number of anilines is 1. The van der Waals surface area contributed by atoms with Crippen LogP contribution in [0.5, 0.6) is 0 Å². The van der Waals surface area contributed by atoms with Gasteiger partial charge in [-0.2, -0.15) is 0 Å². The van der Waals surface area contributed by atoms with Gasteiger partial charge in [0.2, 0.25) is 0 Å². The van der Waals surface area contributed by atoms with Crippen LogP contribution >= 0.6 is 0 Å². The van der Waals surface area contributed by atoms with Gasteiger partial charge in [0.05, 0.1) is 0 Å². The maximum Gasteiger partial charge on any atom is 0.272 e. The van der Waals surface area contributed by atoms with Gasteiger partial charge >= 0.3 is 0 Å². The molecule has 0 saturated heterocycles. The van der Waals surface area contributed by atoms with E-state index in [1.54, 1.807) is 20.3 Å². The second kappa shape index (κ2) is 5.57. The van der Waals surface area contributed by atoms with E-state index in [0.717, 1.165) is 25.1 Å². The highest BCUT2D eigenvalue weighted by atomic mass is 16.2. The van der Waals surface area contributed by atoms with E-state index in [1.165, 1.54) is 4.90 Å². The summed E-state index contributed by atoms with van der Waals surface area (Å²) in [5, 5.41) is 0. The molecule has 5 nitrogen and oxygen atoms in total. The van der Waals surface area contributed by atoms with Gasteiger partial charge in [-0.25, -0.2) is 0 Å². The van der Waals surface area contributed by atoms with Crippen LogP contribution in [0.15, 0.2) is 18.3 Å². The molecule has 1 aromatic heterocycles. The summed E-state index contributed by atoms with van der Waals surface area (Å²) in [4.78, 5) is 19.7. The molecule has 1 aliphatic rings. The van der Waals surface area contributed by atoms with Crippen LogP contribution in [0, 0.1) is 5.92 Å². The van der Waals surface area contributed by atoms with Gasteiger partial charge in [0.1, 0.15) is 5.69 Å². The number of pyridine rings is 1. The van der Waals surface area contributed by atoms with Gasteiger partial charge < -0.3 is 15.5 Å². The molecule has 0 spiro atoms. The number of hydrogen-bond donors (Lipinski definition) is 1. The second-order valence-electron chi connectivity index (χ2n) is 5.58. The van der Waals surface area contributed by atoms with Crippen molar-refractivity contribution in [1.82, 2.24) is 9.88 Å². The average Bonchev–Trinajstić information content (AvgIpc) is 2.36. The zero-order chi connectivity index (χ0) is 14.0. The van der Waals surface area contributed by atoms with Gasteiger partial charge in [-0.05, 0) is 30.9 Å². The van der Waals surface area contributed by atoms with E-state index in [-0.39, 0.29) is 5.91 Å². The first kappa shape index (κ1) is 13.8. The van der Waals surface area contributed by atoms with E-state index < -0.39 is 0 Å². The van der Waals surface area contributed by atoms with Crippen LogP contribution in [0.3, 0.4) is 0 Å². The molecule has 5 heteroatoms. The fourth-order valence-electron chi connectivity index (χ4n) is 2.43. The molecule has 1 saturated carbocycles. The summed E-state index contributed by atoms with van der Waals surface area (Å²) in [5.74, 6) is 0.599. The smallest absolute Gasteiger partial charge is 0.272 e. The first-order chi connectivity index (χ1) is 8.97. The Hall–Kier alpha value is -1.62. The Morgan fingerprint density at radius 2 is 2.11 bits per heavy atom. The minimum absolute atomic E-state index is 0.0686. The number of hydrogen-bond acceptors (Lipinski definition) is 4. The van der Waals surface area contributed by atoms with Crippen molar-refractivity contribution < 1.29 is 4.79 Å². The Balaban J connectivity index is 2.03. The summed E-state index contributed by atoms with van der Waals surface area (Å²) in [7, 11) is 5.51. The van der Waals surface area contributed by atoms with E-state index >= 15 is 0 Å². The summed E-state index contributed by atoms with van der Waals surface area (Å²) in [5.41, 5.74) is 7.32. The molecule has 0 atom stereocenters. The molecule has 1 heterocycles. The van der Waals surface area contributed by atoms with E-state index in [0.29, 0.717) is 17.7 Å². The highest BCUT2D eigenvalue weighted by Crippen LogP contribution is 2.27. The molecule has 1 aromatic rings. The Bertz CT molecular complexity index is 455. The minimum Gasteiger partial charge on any atom is -0.374 e. The van der Waals surface area contributed by atoms with Crippen molar-refractivity contribution in [2.24, 2.45) is 11.7 Å². The first-order valence-electron chi connectivity index (χ1n) is 6.61. The maximum atomic E-state index is 11.9. The van der Waals surface area contributed by atoms with Crippen molar-refractivity contribution in [3.05, 3.63) is 24.0 Å². The Morgan fingerprint density at radius 1 is 1.42 bits per heavy atom. The monoisotopic (exact) mass is 262 g/mol. The third-order valence-electron chi connectivity index (χ3n) is 3.61. The van der Waals surface area contributed by atoms with E-state index in [4.69, 9.17) is 5.73 Å². The van der Waals surface area contributed by atoms with Gasteiger partial charge in [0.15, 0.2) is 0 Å². The molecule has 0 unspecified atom stereocenters. The number of nitrogens with two attached hydrogens (primary N) is 1. The largest absolute Gasteiger partial charge is 0.374 e. The number of amides is 1. The van der Waals surface area contributed by atoms with Gasteiger partial charge in [-0.15, -0.1) is 0 Å². The van der Waals surface area contributed by atoms with Crippen LogP contribution in [0.1, 0.15) is 23.3 Å². The second-order valence-corrected chi connectivity index (χ2v) is 5.58. The SMILES string of the molecule is CN(C)C(=O)c1cc(N(C)CC2CC(N)C2)ccn1. The molecular formula is C14H22N4O. The number of nitrogens with zero attached hydrogens (tertiary/aromatic N) is 3. The van der Waals surface area contributed by atoms with Crippen LogP contribution < -0.4 is 10.6 Å². The molecule has 104 valence electrons. The maximum absolute atomic E-state index is 11.9. The lowest BCUT2D eigenvalue weighted by Crippen LogP contribution is -2.41. The van der Waals surface area contributed by atoms with Crippen LogP contribution in [0.25, 0.3) is 0 Å². The Kier molecular flexibility index (Phi) is 4.04. The standard InChI is InChI=1S/C14H22N4O/c1-17(2)14(19)13-8-12(4-5-16-13)18(3)9-10-6-11(15)7-10/h4-5,8,10-11H,6-7,9,15H2,1-3H3. The molecule has 19 heavy (non-hydrogen) atoms. The van der Waals surface area contributed by atoms with Crippen molar-refractivity contribution in [2.45, 2.75) is 18.9 Å². The molecular weight excluding hydrogens is 240 g/mol. The first-order valence-corrected chi connectivity index (χ1v) is 6.61. The lowest BCUT2D eigenvalue weighted by Gasteiger charge is -2.36. The van der Waals surface area contributed by atoms with Crippen molar-refractivity contribution in [2.75, 3.05) is 32.6 Å². The summed E-state index contributed by atoms with van der Waals surface area (Å²) in [6.07, 6.45) is 3.88. The van der Waals surface area contributed by atoms with Gasteiger partial charge in [-0.1, -0.05) is 0 Å². The molecule has 2 N–H and O–H groups in total. The number of carbonyl (C=O) groups excluding carboxylic acids is 1. The van der Waals surface area contributed by atoms with Crippen LogP contribution in [0.4, 0.5) is 5.69 Å². The highest BCUT2D eigenvalue weighted by molar-refractivity contribution is 5.92. The minimum atomic E-state index is -0.0686. The fourth-order valence-corrected chi connectivity index (χ4v) is 2.43. The topological polar surface area (TPSA) is 62.5 Å². The van der Waals surface area contributed by atoms with Crippen molar-refractivity contribution in [3.63, 3.8) is 0 Å². The highest BCUT2D eigenvalue weighted by Gasteiger charge is 2.27. The lowest BCUT2D eigenvalue weighted by atomic mass is 9.80. The molecule has 1 aliphatic carbocycles. The predicted octanol–water partition coefficient (Wildman–Crippen LogP) is 0.957. The molecule has 0 bridgehead atoms. The fraction of sp³-hybridized carbons (Fsp3) is 0.571. The lowest BCUT2D eigenvalue weighted by molar-refractivity contribution is 0.0822. The summed E-state index contributed by atoms with van der Waals surface area (Å²) in [6, 6.07) is 4.16. The Labute approximate surface area is 114 Å². The quantitative estimate of drug-likeness (QED) is 0.878. The third-order valence-corrected chi connectivity index (χ3v) is 3.61. The third kappa shape index (κ3) is 3.23. The predicted molar refractivity (Wildman–Crippen MR) is 76.2 cm³/mol. The summed E-state index contributed by atoms with van der Waals surface area (Å²) >= 11 is 0. The number of aromatic nitrogens is 1. The van der Waals surface area contributed by atoms with Crippen LogP contribution in [-0.4, -0.2) is 49.5 Å². The molecule has 0 aliphatic heterocycles. The number of carbonyl (C=O) groups is 1. The van der Waals surface area contributed by atoms with Crippen LogP contribution in [-0.2, 0) is 0 Å². The molecule has 1 amide bonds. The zero-order valence-corrected chi connectivity index (χ0v) is 11.8. The average molecular weight is 262 g/mol. The van der Waals surface area contributed by atoms with Crippen LogP contribution in [0.2, 0.25) is 0 Å². The van der Waals surface area contributed by atoms with E-state index in [1.807, 2.05) is 19.2 Å². The zero-order valence-electron chi connectivity index (χ0n) is 11.8. The number of rotatable bonds is 4. The van der Waals surface area contributed by atoms with Gasteiger partial charge in [0, 0.05) is 45.6 Å².